The molecule has 8 heteroatoms. The topological polar surface area (TPSA) is 105 Å². The second-order valence-corrected chi connectivity index (χ2v) is 8.54. The first-order valence-corrected chi connectivity index (χ1v) is 10.6. The summed E-state index contributed by atoms with van der Waals surface area (Å²) in [4.78, 5) is 11.5. The van der Waals surface area contributed by atoms with Gasteiger partial charge >= 0.3 is 5.97 Å². The van der Waals surface area contributed by atoms with E-state index in [1.54, 1.807) is 7.11 Å². The summed E-state index contributed by atoms with van der Waals surface area (Å²) in [6.45, 7) is 2.55. The molecule has 0 saturated carbocycles. The van der Waals surface area contributed by atoms with Crippen LogP contribution in [0.1, 0.15) is 49.4 Å². The minimum atomic E-state index is -3.77. The molecular weight excluding hydrogens is 368 g/mol. The summed E-state index contributed by atoms with van der Waals surface area (Å²) in [6, 6.07) is 3.97. The number of methoxy groups -OCH3 is 1. The van der Waals surface area contributed by atoms with Crippen LogP contribution in [0.3, 0.4) is 0 Å². The summed E-state index contributed by atoms with van der Waals surface area (Å²) in [5, 5.41) is 12.5. The van der Waals surface area contributed by atoms with E-state index in [1.165, 1.54) is 30.2 Å². The Morgan fingerprint density at radius 1 is 1.33 bits per heavy atom. The monoisotopic (exact) mass is 396 g/mol. The van der Waals surface area contributed by atoms with E-state index in [1.807, 2.05) is 6.92 Å². The van der Waals surface area contributed by atoms with Gasteiger partial charge in [0.1, 0.15) is 0 Å². The van der Waals surface area contributed by atoms with E-state index in [9.17, 15) is 18.3 Å². The van der Waals surface area contributed by atoms with Gasteiger partial charge in [0.15, 0.2) is 0 Å². The van der Waals surface area contributed by atoms with Crippen molar-refractivity contribution in [3.8, 4) is 0 Å². The molecule has 1 aliphatic carbocycles. The summed E-state index contributed by atoms with van der Waals surface area (Å²) in [5.41, 5.74) is 1.55. The zero-order valence-electron chi connectivity index (χ0n) is 15.8. The molecular formula is C19H28N2O5S. The average molecular weight is 397 g/mol. The van der Waals surface area contributed by atoms with Crippen LogP contribution in [0.15, 0.2) is 34.7 Å². The fourth-order valence-electron chi connectivity index (χ4n) is 3.11. The third-order valence-electron chi connectivity index (χ3n) is 4.47. The number of carbonyl (C=O) groups is 1. The molecule has 1 aliphatic rings. The first-order valence-electron chi connectivity index (χ1n) is 9.14. The van der Waals surface area contributed by atoms with Crippen molar-refractivity contribution in [3.05, 3.63) is 35.4 Å². The summed E-state index contributed by atoms with van der Waals surface area (Å²) in [6.07, 6.45) is 7.28. The van der Waals surface area contributed by atoms with E-state index in [-0.39, 0.29) is 16.5 Å². The molecule has 0 aliphatic heterocycles. The van der Waals surface area contributed by atoms with E-state index in [0.29, 0.717) is 25.3 Å². The summed E-state index contributed by atoms with van der Waals surface area (Å²) in [7, 11) is -2.21. The smallest absolute Gasteiger partial charge is 0.337 e. The van der Waals surface area contributed by atoms with Crippen LogP contribution >= 0.6 is 0 Å². The van der Waals surface area contributed by atoms with E-state index in [0.717, 1.165) is 19.3 Å². The molecule has 0 bridgehead atoms. The molecule has 0 fully saturated rings. The van der Waals surface area contributed by atoms with Crippen LogP contribution in [0.2, 0.25) is 0 Å². The fraction of sp³-hybridized carbons (Fsp3) is 0.526. The van der Waals surface area contributed by atoms with Crippen molar-refractivity contribution in [3.63, 3.8) is 0 Å². The molecule has 7 nitrogen and oxygen atoms in total. The summed E-state index contributed by atoms with van der Waals surface area (Å²) in [5.74, 6) is -1.19. The minimum absolute atomic E-state index is 0.0533. The van der Waals surface area contributed by atoms with Gasteiger partial charge in [-0.2, -0.15) is 0 Å². The number of aromatic carboxylic acids is 1. The molecule has 0 heterocycles. The third kappa shape index (κ3) is 6.34. The molecule has 0 aromatic heterocycles. The summed E-state index contributed by atoms with van der Waals surface area (Å²) < 4.78 is 32.6. The number of anilines is 1. The van der Waals surface area contributed by atoms with Crippen LogP contribution in [0.4, 0.5) is 5.69 Å². The second kappa shape index (κ2) is 9.87. The van der Waals surface area contributed by atoms with Gasteiger partial charge in [-0.3, -0.25) is 0 Å². The van der Waals surface area contributed by atoms with Crippen molar-refractivity contribution in [2.24, 2.45) is 0 Å². The Bertz CT molecular complexity index is 789. The molecule has 2 rings (SSSR count). The zero-order valence-corrected chi connectivity index (χ0v) is 16.6. The Morgan fingerprint density at radius 3 is 2.74 bits per heavy atom. The average Bonchev–Trinajstić information content (AvgIpc) is 2.62. The second-order valence-electron chi connectivity index (χ2n) is 6.77. The van der Waals surface area contributed by atoms with E-state index in [4.69, 9.17) is 4.74 Å². The van der Waals surface area contributed by atoms with Crippen LogP contribution in [0, 0.1) is 0 Å². The van der Waals surface area contributed by atoms with Crippen molar-refractivity contribution < 1.29 is 23.1 Å². The maximum absolute atomic E-state index is 12.5. The van der Waals surface area contributed by atoms with Crippen LogP contribution in [-0.2, 0) is 14.8 Å². The number of carboxylic acids is 1. The highest BCUT2D eigenvalue weighted by atomic mass is 32.2. The molecule has 1 aromatic rings. The Balaban J connectivity index is 2.10. The standard InChI is InChI=1S/C19H28N2O5S/c1-14(13-26-2)21-18-9-8-16(12-17(18)19(22)23)27(24,25)20-11-10-15-6-4-3-5-7-15/h6,8-9,12,14,20-21H,3-5,7,10-11,13H2,1-2H3,(H,22,23)/t14-/m1/s1. The lowest BCUT2D eigenvalue weighted by molar-refractivity contribution is 0.0697. The van der Waals surface area contributed by atoms with Gasteiger partial charge in [0.2, 0.25) is 10.0 Å². The van der Waals surface area contributed by atoms with Gasteiger partial charge in [-0.15, -0.1) is 0 Å². The van der Waals surface area contributed by atoms with Gasteiger partial charge in [0, 0.05) is 25.4 Å². The lowest BCUT2D eigenvalue weighted by atomic mass is 9.97. The van der Waals surface area contributed by atoms with Crippen molar-refractivity contribution >= 4 is 21.7 Å². The van der Waals surface area contributed by atoms with Gasteiger partial charge in [0.25, 0.3) is 0 Å². The molecule has 0 amide bonds. The molecule has 0 unspecified atom stereocenters. The zero-order chi connectivity index (χ0) is 19.9. The van der Waals surface area contributed by atoms with E-state index in [2.05, 4.69) is 16.1 Å². The maximum atomic E-state index is 12.5. The third-order valence-corrected chi connectivity index (χ3v) is 5.93. The first-order chi connectivity index (χ1) is 12.8. The highest BCUT2D eigenvalue weighted by molar-refractivity contribution is 7.89. The number of hydrogen-bond donors (Lipinski definition) is 3. The van der Waals surface area contributed by atoms with Crippen molar-refractivity contribution in [2.45, 2.75) is 50.0 Å². The molecule has 0 saturated heterocycles. The van der Waals surface area contributed by atoms with E-state index >= 15 is 0 Å². The van der Waals surface area contributed by atoms with Crippen molar-refractivity contribution in [2.75, 3.05) is 25.6 Å². The molecule has 1 atom stereocenters. The first kappa shape index (κ1) is 21.4. The highest BCUT2D eigenvalue weighted by Crippen LogP contribution is 2.23. The normalized spacial score (nSPS) is 15.9. The quantitative estimate of drug-likeness (QED) is 0.525. The van der Waals surface area contributed by atoms with Gasteiger partial charge in [0.05, 0.1) is 17.1 Å². The van der Waals surface area contributed by atoms with E-state index < -0.39 is 16.0 Å². The SMILES string of the molecule is COC[C@@H](C)Nc1ccc(S(=O)(=O)NCCC2=CCCCC2)cc1C(=O)O. The predicted molar refractivity (Wildman–Crippen MR) is 105 cm³/mol. The van der Waals surface area contributed by atoms with Crippen molar-refractivity contribution in [1.29, 1.82) is 0 Å². The van der Waals surface area contributed by atoms with Crippen LogP contribution in [0.25, 0.3) is 0 Å². The van der Waals surface area contributed by atoms with Gasteiger partial charge < -0.3 is 15.2 Å². The number of ether oxygens (including phenoxy) is 1. The lowest BCUT2D eigenvalue weighted by Crippen LogP contribution is -2.26. The Kier molecular flexibility index (Phi) is 7.82. The Hall–Kier alpha value is -1.90. The lowest BCUT2D eigenvalue weighted by Gasteiger charge is -2.17. The van der Waals surface area contributed by atoms with Crippen LogP contribution < -0.4 is 10.0 Å². The fourth-order valence-corrected chi connectivity index (χ4v) is 4.17. The predicted octanol–water partition coefficient (Wildman–Crippen LogP) is 3.00. The molecule has 1 aromatic carbocycles. The number of hydrogen-bond acceptors (Lipinski definition) is 5. The maximum Gasteiger partial charge on any atom is 0.337 e. The molecule has 0 radical (unpaired) electrons. The molecule has 27 heavy (non-hydrogen) atoms. The largest absolute Gasteiger partial charge is 0.478 e. The highest BCUT2D eigenvalue weighted by Gasteiger charge is 2.19. The number of rotatable bonds is 10. The summed E-state index contributed by atoms with van der Waals surface area (Å²) >= 11 is 0. The molecule has 3 N–H and O–H groups in total. The number of nitrogens with one attached hydrogen (secondary N) is 2. The Morgan fingerprint density at radius 2 is 2.11 bits per heavy atom. The number of benzene rings is 1. The molecule has 0 spiro atoms. The van der Waals surface area contributed by atoms with Gasteiger partial charge in [-0.1, -0.05) is 11.6 Å². The van der Waals surface area contributed by atoms with Gasteiger partial charge in [-0.05, 0) is 57.2 Å². The Labute approximate surface area is 160 Å². The van der Waals surface area contributed by atoms with Crippen molar-refractivity contribution in [1.82, 2.24) is 4.72 Å². The van der Waals surface area contributed by atoms with Crippen LogP contribution in [-0.4, -0.2) is 45.8 Å². The number of carboxylic acid groups (broad SMARTS) is 1. The van der Waals surface area contributed by atoms with Crippen LogP contribution in [0.5, 0.6) is 0 Å². The molecule has 150 valence electrons. The number of sulfonamides is 1. The van der Waals surface area contributed by atoms with Gasteiger partial charge in [-0.25, -0.2) is 17.9 Å². The minimum Gasteiger partial charge on any atom is -0.478 e. The number of allylic oxidation sites excluding steroid dienone is 1.